The minimum absolute atomic E-state index is 0.0643. The molecule has 0 unspecified atom stereocenters. The van der Waals surface area contributed by atoms with Crippen molar-refractivity contribution in [2.24, 2.45) is 0 Å². The van der Waals surface area contributed by atoms with Gasteiger partial charge in [-0.15, -0.1) is 0 Å². The number of carbonyl (C=O) groups excluding carboxylic acids is 1. The quantitative estimate of drug-likeness (QED) is 0.679. The van der Waals surface area contributed by atoms with Crippen LogP contribution < -0.4 is 20.3 Å². The van der Waals surface area contributed by atoms with E-state index < -0.39 is 0 Å². The molecule has 0 fully saturated rings. The Morgan fingerprint density at radius 1 is 1.27 bits per heavy atom. The van der Waals surface area contributed by atoms with E-state index >= 15 is 0 Å². The van der Waals surface area contributed by atoms with Crippen molar-refractivity contribution in [2.75, 3.05) is 20.8 Å². The summed E-state index contributed by atoms with van der Waals surface area (Å²) in [6, 6.07) is 10.6. The normalized spacial score (nSPS) is 14.0. The third-order valence-electron chi connectivity index (χ3n) is 4.98. The molecule has 0 radical (unpaired) electrons. The van der Waals surface area contributed by atoms with Gasteiger partial charge in [0.1, 0.15) is 5.82 Å². The number of nitrogens with one attached hydrogen (secondary N) is 1. The summed E-state index contributed by atoms with van der Waals surface area (Å²) in [7, 11) is 3.09. The van der Waals surface area contributed by atoms with Crippen molar-refractivity contribution in [2.45, 2.75) is 13.0 Å². The predicted molar refractivity (Wildman–Crippen MR) is 116 cm³/mol. The molecule has 0 spiro atoms. The highest BCUT2D eigenvalue weighted by molar-refractivity contribution is 6.31. The molecule has 1 aromatic heterocycles. The van der Waals surface area contributed by atoms with E-state index in [2.05, 4.69) is 10.3 Å². The summed E-state index contributed by atoms with van der Waals surface area (Å²) in [5.74, 6) is 1.41. The third-order valence-corrected chi connectivity index (χ3v) is 5.21. The molecule has 3 aromatic rings. The lowest BCUT2D eigenvalue weighted by molar-refractivity contribution is -0.122. The number of likely N-dealkylation sites (N-methyl/N-ethyl adjacent to an activating group) is 1. The van der Waals surface area contributed by atoms with Crippen LogP contribution in [0.2, 0.25) is 5.02 Å². The number of allylic oxidation sites excluding steroid dienone is 1. The van der Waals surface area contributed by atoms with E-state index in [9.17, 15) is 9.59 Å². The molecule has 7 nitrogen and oxygen atoms in total. The number of hydrogen-bond acceptors (Lipinski definition) is 5. The molecule has 1 N–H and O–H groups in total. The Hall–Kier alpha value is -3.32. The lowest BCUT2D eigenvalue weighted by Gasteiger charge is -2.11. The number of carbonyl (C=O) groups is 1. The van der Waals surface area contributed by atoms with E-state index in [0.717, 1.165) is 11.1 Å². The Bertz CT molecular complexity index is 1230. The van der Waals surface area contributed by atoms with E-state index in [1.54, 1.807) is 43.0 Å². The maximum Gasteiger partial charge on any atom is 0.261 e. The second-order valence-electron chi connectivity index (χ2n) is 6.85. The molecule has 2 aromatic carbocycles. The van der Waals surface area contributed by atoms with Crippen LogP contribution in [-0.2, 0) is 11.3 Å². The number of fused-ring (bicyclic) bond motifs is 2. The minimum atomic E-state index is -0.227. The van der Waals surface area contributed by atoms with Crippen LogP contribution in [0.15, 0.2) is 41.2 Å². The average Bonchev–Trinajstić information content (AvgIpc) is 3.15. The molecule has 0 bridgehead atoms. The van der Waals surface area contributed by atoms with Crippen LogP contribution in [0, 0.1) is 0 Å². The fourth-order valence-corrected chi connectivity index (χ4v) is 3.60. The summed E-state index contributed by atoms with van der Waals surface area (Å²) in [6.07, 6.45) is 2.68. The molecule has 0 atom stereocenters. The van der Waals surface area contributed by atoms with Crippen molar-refractivity contribution < 1.29 is 14.3 Å². The third kappa shape index (κ3) is 3.76. The van der Waals surface area contributed by atoms with E-state index in [1.807, 2.05) is 18.2 Å². The van der Waals surface area contributed by atoms with Crippen molar-refractivity contribution in [3.8, 4) is 11.5 Å². The van der Waals surface area contributed by atoms with Gasteiger partial charge < -0.3 is 14.8 Å². The van der Waals surface area contributed by atoms with E-state index in [0.29, 0.717) is 46.2 Å². The monoisotopic (exact) mass is 425 g/mol. The van der Waals surface area contributed by atoms with Gasteiger partial charge in [0.15, 0.2) is 18.1 Å². The van der Waals surface area contributed by atoms with Crippen molar-refractivity contribution in [1.82, 2.24) is 14.9 Å². The highest BCUT2D eigenvalue weighted by Crippen LogP contribution is 2.32. The Kier molecular flexibility index (Phi) is 5.46. The number of hydrogen-bond donors (Lipinski definition) is 1. The lowest BCUT2D eigenvalue weighted by Crippen LogP contribution is -2.24. The van der Waals surface area contributed by atoms with Gasteiger partial charge in [0.2, 0.25) is 0 Å². The number of rotatable bonds is 5. The minimum Gasteiger partial charge on any atom is -0.493 e. The fourth-order valence-electron chi connectivity index (χ4n) is 3.44. The van der Waals surface area contributed by atoms with E-state index in [1.165, 1.54) is 0 Å². The topological polar surface area (TPSA) is 82.5 Å². The Balaban J connectivity index is 1.69. The van der Waals surface area contributed by atoms with Gasteiger partial charge in [-0.2, -0.15) is 0 Å². The highest BCUT2D eigenvalue weighted by Gasteiger charge is 2.21. The van der Waals surface area contributed by atoms with Crippen LogP contribution in [0.4, 0.5) is 0 Å². The molecule has 4 rings (SSSR count). The molecule has 0 saturated heterocycles. The highest BCUT2D eigenvalue weighted by atomic mass is 35.5. The number of amides is 1. The van der Waals surface area contributed by atoms with Gasteiger partial charge in [0.25, 0.3) is 11.5 Å². The first kappa shape index (κ1) is 20.0. The maximum atomic E-state index is 12.8. The second-order valence-corrected chi connectivity index (χ2v) is 7.28. The van der Waals surface area contributed by atoms with Crippen molar-refractivity contribution >= 4 is 40.1 Å². The average molecular weight is 426 g/mol. The van der Waals surface area contributed by atoms with Crippen molar-refractivity contribution in [1.29, 1.82) is 0 Å². The summed E-state index contributed by atoms with van der Waals surface area (Å²) >= 11 is 6.08. The first-order valence-electron chi connectivity index (χ1n) is 9.42. The number of nitrogens with zero attached hydrogens (tertiary/aromatic N) is 2. The number of methoxy groups -OCH3 is 1. The molecule has 1 amide bonds. The molecule has 1 aliphatic heterocycles. The van der Waals surface area contributed by atoms with Gasteiger partial charge in [0, 0.05) is 18.6 Å². The first-order chi connectivity index (χ1) is 14.5. The largest absolute Gasteiger partial charge is 0.493 e. The molecule has 0 aliphatic carbocycles. The first-order valence-corrected chi connectivity index (χ1v) is 9.80. The number of benzene rings is 2. The van der Waals surface area contributed by atoms with Crippen LogP contribution in [0.3, 0.4) is 0 Å². The van der Waals surface area contributed by atoms with Crippen LogP contribution in [0.1, 0.15) is 17.8 Å². The maximum absolute atomic E-state index is 12.8. The molecule has 1 aliphatic rings. The smallest absolute Gasteiger partial charge is 0.261 e. The summed E-state index contributed by atoms with van der Waals surface area (Å²) in [5, 5.41) is 3.61. The summed E-state index contributed by atoms with van der Waals surface area (Å²) in [4.78, 5) is 28.9. The summed E-state index contributed by atoms with van der Waals surface area (Å²) in [5.41, 5.74) is 2.35. The zero-order chi connectivity index (χ0) is 21.3. The zero-order valence-corrected chi connectivity index (χ0v) is 17.3. The van der Waals surface area contributed by atoms with Crippen molar-refractivity contribution in [3.63, 3.8) is 0 Å². The second kappa shape index (κ2) is 8.20. The lowest BCUT2D eigenvalue weighted by atomic mass is 10.1. The zero-order valence-electron chi connectivity index (χ0n) is 16.6. The molecular weight excluding hydrogens is 406 g/mol. The van der Waals surface area contributed by atoms with Crippen molar-refractivity contribution in [3.05, 3.63) is 63.2 Å². The molecule has 30 heavy (non-hydrogen) atoms. The Morgan fingerprint density at radius 3 is 2.87 bits per heavy atom. The van der Waals surface area contributed by atoms with Gasteiger partial charge >= 0.3 is 0 Å². The number of halogens is 1. The van der Waals surface area contributed by atoms with E-state index in [-0.39, 0.29) is 18.1 Å². The molecule has 8 heteroatoms. The Morgan fingerprint density at radius 2 is 2.10 bits per heavy atom. The van der Waals surface area contributed by atoms with Crippen LogP contribution in [0.5, 0.6) is 11.5 Å². The molecule has 0 saturated carbocycles. The van der Waals surface area contributed by atoms with Gasteiger partial charge in [-0.25, -0.2) is 4.98 Å². The van der Waals surface area contributed by atoms with Crippen LogP contribution in [-0.4, -0.2) is 36.2 Å². The summed E-state index contributed by atoms with van der Waals surface area (Å²) in [6.45, 7) is 0.485. The predicted octanol–water partition coefficient (Wildman–Crippen LogP) is 3.13. The van der Waals surface area contributed by atoms with E-state index in [4.69, 9.17) is 21.1 Å². The molecule has 154 valence electrons. The van der Waals surface area contributed by atoms with Crippen LogP contribution >= 0.6 is 11.6 Å². The van der Waals surface area contributed by atoms with Gasteiger partial charge in [-0.05, 0) is 54.0 Å². The van der Waals surface area contributed by atoms with Gasteiger partial charge in [0.05, 0.1) is 18.0 Å². The van der Waals surface area contributed by atoms with Gasteiger partial charge in [-0.3, -0.25) is 14.2 Å². The van der Waals surface area contributed by atoms with Crippen LogP contribution in [0.25, 0.3) is 22.6 Å². The SMILES string of the molecule is CNC(=O)COc1ccc(C=C2CCn3c2nc2cc(Cl)ccc2c3=O)cc1OC. The standard InChI is InChI=1S/C22H20ClN3O4/c1-24-20(27)12-30-18-6-3-13(10-19(18)29-2)9-14-7-8-26-21(14)25-17-11-15(23)4-5-16(17)22(26)28/h3-6,9-11H,7-8,12H2,1-2H3,(H,24,27). The fraction of sp³-hybridized carbons (Fsp3) is 0.227. The number of aromatic nitrogens is 2. The molecule has 2 heterocycles. The number of ether oxygens (including phenoxy) is 2. The molecular formula is C22H20ClN3O4. The Labute approximate surface area is 177 Å². The summed E-state index contributed by atoms with van der Waals surface area (Å²) < 4.78 is 12.6. The van der Waals surface area contributed by atoms with Gasteiger partial charge in [-0.1, -0.05) is 17.7 Å².